The van der Waals surface area contributed by atoms with E-state index in [0.717, 1.165) is 11.3 Å². The molecule has 100 valence electrons. The molecule has 3 nitrogen and oxygen atoms in total. The van der Waals surface area contributed by atoms with Gasteiger partial charge in [-0.25, -0.2) is 0 Å². The van der Waals surface area contributed by atoms with Gasteiger partial charge in [-0.1, -0.05) is 23.7 Å². The molecule has 0 radical (unpaired) electrons. The van der Waals surface area contributed by atoms with Gasteiger partial charge in [0.25, 0.3) is 0 Å². The van der Waals surface area contributed by atoms with E-state index in [0.29, 0.717) is 10.6 Å². The van der Waals surface area contributed by atoms with Crippen LogP contribution in [0.5, 0.6) is 11.5 Å². The summed E-state index contributed by atoms with van der Waals surface area (Å²) in [7, 11) is 0. The normalized spacial score (nSPS) is 12.2. The molecule has 19 heavy (non-hydrogen) atoms. The summed E-state index contributed by atoms with van der Waals surface area (Å²) in [4.78, 5) is 0. The average Bonchev–Trinajstić information content (AvgIpc) is 2.33. The number of nitrogens with one attached hydrogen (secondary N) is 1. The molecule has 0 aliphatic rings. The fourth-order valence-corrected chi connectivity index (χ4v) is 2.21. The van der Waals surface area contributed by atoms with E-state index in [1.165, 1.54) is 0 Å². The van der Waals surface area contributed by atoms with Crippen LogP contribution in [0.15, 0.2) is 36.4 Å². The van der Waals surface area contributed by atoms with Crippen LogP contribution < -0.4 is 5.32 Å². The van der Waals surface area contributed by atoms with E-state index >= 15 is 0 Å². The van der Waals surface area contributed by atoms with E-state index in [4.69, 9.17) is 11.6 Å². The lowest BCUT2D eigenvalue weighted by Crippen LogP contribution is -2.08. The first-order valence-electron chi connectivity index (χ1n) is 6.02. The Labute approximate surface area is 117 Å². The minimum atomic E-state index is -0.238. The van der Waals surface area contributed by atoms with Crippen molar-refractivity contribution in [2.75, 3.05) is 5.32 Å². The van der Waals surface area contributed by atoms with Gasteiger partial charge in [0.1, 0.15) is 11.5 Å². The zero-order valence-corrected chi connectivity index (χ0v) is 11.6. The van der Waals surface area contributed by atoms with Gasteiger partial charge in [-0.2, -0.15) is 0 Å². The summed E-state index contributed by atoms with van der Waals surface area (Å²) < 4.78 is 0. The van der Waals surface area contributed by atoms with E-state index < -0.39 is 0 Å². The number of hydrogen-bond donors (Lipinski definition) is 3. The van der Waals surface area contributed by atoms with Crippen LogP contribution in [0.4, 0.5) is 5.69 Å². The predicted octanol–water partition coefficient (Wildman–Crippen LogP) is 4.23. The van der Waals surface area contributed by atoms with Gasteiger partial charge in [0.05, 0.1) is 11.6 Å². The van der Waals surface area contributed by atoms with Gasteiger partial charge in [0.2, 0.25) is 0 Å². The Bertz CT molecular complexity index is 578. The van der Waals surface area contributed by atoms with Crippen molar-refractivity contribution in [3.63, 3.8) is 0 Å². The minimum absolute atomic E-state index is 0.0691. The smallest absolute Gasteiger partial charge is 0.124 e. The number of benzene rings is 2. The molecule has 1 unspecified atom stereocenters. The highest BCUT2D eigenvalue weighted by Crippen LogP contribution is 2.35. The number of aromatic hydroxyl groups is 2. The fourth-order valence-electron chi connectivity index (χ4n) is 2.04. The van der Waals surface area contributed by atoms with E-state index in [9.17, 15) is 10.2 Å². The number of rotatable bonds is 3. The molecular weight excluding hydrogens is 262 g/mol. The maximum atomic E-state index is 9.84. The zero-order valence-electron chi connectivity index (χ0n) is 10.8. The molecule has 0 amide bonds. The third-order valence-corrected chi connectivity index (χ3v) is 3.30. The molecule has 0 aromatic heterocycles. The van der Waals surface area contributed by atoms with E-state index in [1.807, 2.05) is 32.0 Å². The maximum Gasteiger partial charge on any atom is 0.124 e. The first-order valence-corrected chi connectivity index (χ1v) is 6.40. The SMILES string of the molecule is Cc1ccc(Cl)cc1NC(C)c1c(O)cccc1O. The summed E-state index contributed by atoms with van der Waals surface area (Å²) >= 11 is 5.97. The fraction of sp³-hybridized carbons (Fsp3) is 0.200. The van der Waals surface area contributed by atoms with Crippen molar-refractivity contribution in [1.82, 2.24) is 0 Å². The molecule has 0 fully saturated rings. The molecule has 4 heteroatoms. The summed E-state index contributed by atoms with van der Waals surface area (Å²) in [6, 6.07) is 10.0. The van der Waals surface area contributed by atoms with Gasteiger partial charge >= 0.3 is 0 Å². The van der Waals surface area contributed by atoms with Gasteiger partial charge < -0.3 is 15.5 Å². The summed E-state index contributed by atoms with van der Waals surface area (Å²) in [5.74, 6) is 0.138. The third-order valence-electron chi connectivity index (χ3n) is 3.06. The van der Waals surface area contributed by atoms with Crippen molar-refractivity contribution in [3.8, 4) is 11.5 Å². The van der Waals surface area contributed by atoms with Gasteiger partial charge in [-0.3, -0.25) is 0 Å². The number of aryl methyl sites for hydroxylation is 1. The summed E-state index contributed by atoms with van der Waals surface area (Å²) in [5.41, 5.74) is 2.40. The van der Waals surface area contributed by atoms with Crippen molar-refractivity contribution in [2.24, 2.45) is 0 Å². The Balaban J connectivity index is 2.31. The molecule has 0 aliphatic heterocycles. The van der Waals surface area contributed by atoms with Crippen LogP contribution >= 0.6 is 11.6 Å². The third kappa shape index (κ3) is 2.93. The molecule has 0 saturated heterocycles. The molecule has 0 bridgehead atoms. The second kappa shape index (κ2) is 5.41. The number of phenols is 2. The van der Waals surface area contributed by atoms with Gasteiger partial charge in [-0.15, -0.1) is 0 Å². The first kappa shape index (κ1) is 13.6. The summed E-state index contributed by atoms with van der Waals surface area (Å²) in [6.45, 7) is 3.84. The maximum absolute atomic E-state index is 9.84. The highest BCUT2D eigenvalue weighted by molar-refractivity contribution is 6.30. The van der Waals surface area contributed by atoms with Gasteiger partial charge in [-0.05, 0) is 43.7 Å². The van der Waals surface area contributed by atoms with Crippen LogP contribution in [0.3, 0.4) is 0 Å². The van der Waals surface area contributed by atoms with Crippen molar-refractivity contribution < 1.29 is 10.2 Å². The Kier molecular flexibility index (Phi) is 3.86. The van der Waals surface area contributed by atoms with Crippen LogP contribution in [-0.2, 0) is 0 Å². The number of phenolic OH excluding ortho intramolecular Hbond substituents is 2. The molecule has 0 aliphatic carbocycles. The van der Waals surface area contributed by atoms with E-state index in [-0.39, 0.29) is 17.5 Å². The van der Waals surface area contributed by atoms with Crippen molar-refractivity contribution in [2.45, 2.75) is 19.9 Å². The van der Waals surface area contributed by atoms with Crippen LogP contribution in [-0.4, -0.2) is 10.2 Å². The number of halogens is 1. The summed E-state index contributed by atoms with van der Waals surface area (Å²) in [6.07, 6.45) is 0. The van der Waals surface area contributed by atoms with Crippen molar-refractivity contribution in [1.29, 1.82) is 0 Å². The van der Waals surface area contributed by atoms with E-state index in [1.54, 1.807) is 18.2 Å². The molecule has 2 rings (SSSR count). The highest BCUT2D eigenvalue weighted by Gasteiger charge is 2.15. The Morgan fingerprint density at radius 3 is 2.37 bits per heavy atom. The summed E-state index contributed by atoms with van der Waals surface area (Å²) in [5, 5.41) is 23.6. The Morgan fingerprint density at radius 2 is 1.74 bits per heavy atom. The zero-order chi connectivity index (χ0) is 14.0. The topological polar surface area (TPSA) is 52.5 Å². The molecule has 3 N–H and O–H groups in total. The molecular formula is C15H16ClNO2. The lowest BCUT2D eigenvalue weighted by Gasteiger charge is -2.19. The average molecular weight is 278 g/mol. The monoisotopic (exact) mass is 277 g/mol. The predicted molar refractivity (Wildman–Crippen MR) is 78.0 cm³/mol. The van der Waals surface area contributed by atoms with Crippen LogP contribution in [0.2, 0.25) is 5.02 Å². The molecule has 0 heterocycles. The first-order chi connectivity index (χ1) is 8.99. The molecule has 1 atom stereocenters. The van der Waals surface area contributed by atoms with Crippen LogP contribution in [0.1, 0.15) is 24.1 Å². The van der Waals surface area contributed by atoms with Gasteiger partial charge in [0, 0.05) is 10.7 Å². The number of hydrogen-bond acceptors (Lipinski definition) is 3. The van der Waals surface area contributed by atoms with Crippen molar-refractivity contribution >= 4 is 17.3 Å². The quantitative estimate of drug-likeness (QED) is 0.787. The van der Waals surface area contributed by atoms with Crippen LogP contribution in [0.25, 0.3) is 0 Å². The molecule has 0 spiro atoms. The second-order valence-corrected chi connectivity index (χ2v) is 4.97. The van der Waals surface area contributed by atoms with Crippen molar-refractivity contribution in [3.05, 3.63) is 52.5 Å². The van der Waals surface area contributed by atoms with Crippen LogP contribution in [0, 0.1) is 6.92 Å². The molecule has 2 aromatic rings. The lowest BCUT2D eigenvalue weighted by molar-refractivity contribution is 0.434. The number of anilines is 1. The Hall–Kier alpha value is -1.87. The molecule has 2 aromatic carbocycles. The lowest BCUT2D eigenvalue weighted by atomic mass is 10.0. The minimum Gasteiger partial charge on any atom is -0.507 e. The van der Waals surface area contributed by atoms with Gasteiger partial charge in [0.15, 0.2) is 0 Å². The largest absolute Gasteiger partial charge is 0.507 e. The second-order valence-electron chi connectivity index (χ2n) is 4.54. The standard InChI is InChI=1S/C15H16ClNO2/c1-9-6-7-11(16)8-12(9)17-10(2)15-13(18)4-3-5-14(15)19/h3-8,10,17-19H,1-2H3. The molecule has 0 saturated carbocycles. The highest BCUT2D eigenvalue weighted by atomic mass is 35.5. The van der Waals surface area contributed by atoms with E-state index in [2.05, 4.69) is 5.32 Å². The Morgan fingerprint density at radius 1 is 1.11 bits per heavy atom.